The molecule has 1 atom stereocenters. The van der Waals surface area contributed by atoms with E-state index >= 15 is 0 Å². The van der Waals surface area contributed by atoms with E-state index in [1.54, 1.807) is 7.05 Å². The lowest BCUT2D eigenvalue weighted by atomic mass is 9.86. The fourth-order valence-corrected chi connectivity index (χ4v) is 4.18. The Labute approximate surface area is 188 Å². The van der Waals surface area contributed by atoms with Crippen molar-refractivity contribution in [3.05, 3.63) is 29.6 Å². The number of hydrogen-bond donors (Lipinski definition) is 2. The fraction of sp³-hybridized carbons (Fsp3) is 0.522. The van der Waals surface area contributed by atoms with Crippen LogP contribution < -0.4 is 20.1 Å². The van der Waals surface area contributed by atoms with Crippen LogP contribution in [-0.4, -0.2) is 59.7 Å². The molecule has 0 spiro atoms. The number of hydrogen-bond acceptors (Lipinski definition) is 6. The molecule has 0 bridgehead atoms. The molecular weight excluding hydrogens is 410 g/mol. The maximum absolute atomic E-state index is 13.4. The smallest absolute Gasteiger partial charge is 0.272 e. The Morgan fingerprint density at radius 3 is 2.62 bits per heavy atom. The van der Waals surface area contributed by atoms with Gasteiger partial charge in [0.1, 0.15) is 11.9 Å². The van der Waals surface area contributed by atoms with Crippen molar-refractivity contribution in [2.75, 3.05) is 27.4 Å². The van der Waals surface area contributed by atoms with Crippen LogP contribution >= 0.6 is 0 Å². The van der Waals surface area contributed by atoms with Gasteiger partial charge in [-0.15, -0.1) is 0 Å². The van der Waals surface area contributed by atoms with Crippen LogP contribution in [0.1, 0.15) is 43.4 Å². The molecule has 0 unspecified atom stereocenters. The normalized spacial score (nSPS) is 16.8. The van der Waals surface area contributed by atoms with Crippen LogP contribution in [0.3, 0.4) is 0 Å². The van der Waals surface area contributed by atoms with Crippen molar-refractivity contribution in [1.82, 2.24) is 25.1 Å². The topological polar surface area (TPSA) is 97.7 Å². The number of rotatable bonds is 4. The number of nitrogens with one attached hydrogen (secondary N) is 2. The van der Waals surface area contributed by atoms with Crippen LogP contribution in [0.4, 0.5) is 0 Å². The Morgan fingerprint density at radius 2 is 1.91 bits per heavy atom. The molecule has 0 saturated heterocycles. The van der Waals surface area contributed by atoms with Gasteiger partial charge in [0.25, 0.3) is 5.91 Å². The molecule has 2 aromatic rings. The lowest BCUT2D eigenvalue weighted by molar-refractivity contribution is -0.124. The van der Waals surface area contributed by atoms with E-state index in [0.29, 0.717) is 29.6 Å². The third-order valence-electron chi connectivity index (χ3n) is 5.91. The SMILES string of the molecule is CNC(=O)[C@@H](NC(=O)c1nc(-c2ccc3c(c2)OCO3)n2c1CN(C)CCC2)C(C)(C)C. The van der Waals surface area contributed by atoms with E-state index < -0.39 is 11.5 Å². The van der Waals surface area contributed by atoms with Gasteiger partial charge in [-0.25, -0.2) is 4.98 Å². The number of amides is 2. The number of carbonyl (C=O) groups excluding carboxylic acids is 2. The Bertz CT molecular complexity index is 1040. The molecule has 172 valence electrons. The van der Waals surface area contributed by atoms with Crippen LogP contribution in [0.5, 0.6) is 11.5 Å². The average Bonchev–Trinajstić information content (AvgIpc) is 3.30. The zero-order valence-electron chi connectivity index (χ0n) is 19.3. The Morgan fingerprint density at radius 1 is 1.16 bits per heavy atom. The highest BCUT2D eigenvalue weighted by Crippen LogP contribution is 2.36. The Kier molecular flexibility index (Phi) is 5.85. The molecule has 0 aliphatic carbocycles. The summed E-state index contributed by atoms with van der Waals surface area (Å²) in [4.78, 5) is 32.8. The van der Waals surface area contributed by atoms with Crippen LogP contribution in [0, 0.1) is 5.41 Å². The molecule has 2 N–H and O–H groups in total. The van der Waals surface area contributed by atoms with Crippen molar-refractivity contribution >= 4 is 11.8 Å². The molecule has 3 heterocycles. The first-order valence-corrected chi connectivity index (χ1v) is 10.9. The average molecular weight is 442 g/mol. The summed E-state index contributed by atoms with van der Waals surface area (Å²) >= 11 is 0. The summed E-state index contributed by atoms with van der Waals surface area (Å²) in [6, 6.07) is 5.01. The molecule has 0 radical (unpaired) electrons. The predicted octanol–water partition coefficient (Wildman–Crippen LogP) is 2.00. The molecule has 9 heteroatoms. The molecule has 2 aliphatic rings. The van der Waals surface area contributed by atoms with Gasteiger partial charge < -0.3 is 29.6 Å². The van der Waals surface area contributed by atoms with Crippen LogP contribution in [0.15, 0.2) is 18.2 Å². The molecule has 9 nitrogen and oxygen atoms in total. The van der Waals surface area contributed by atoms with E-state index in [1.807, 2.05) is 46.0 Å². The lowest BCUT2D eigenvalue weighted by Gasteiger charge is -2.29. The zero-order valence-corrected chi connectivity index (χ0v) is 19.3. The number of benzene rings is 1. The van der Waals surface area contributed by atoms with E-state index in [4.69, 9.17) is 14.5 Å². The van der Waals surface area contributed by atoms with Crippen LogP contribution in [0.2, 0.25) is 0 Å². The molecular formula is C23H31N5O4. The minimum Gasteiger partial charge on any atom is -0.454 e. The predicted molar refractivity (Wildman–Crippen MR) is 120 cm³/mol. The van der Waals surface area contributed by atoms with E-state index in [1.165, 1.54) is 0 Å². The van der Waals surface area contributed by atoms with Crippen molar-refractivity contribution in [3.63, 3.8) is 0 Å². The highest BCUT2D eigenvalue weighted by molar-refractivity contribution is 5.98. The van der Waals surface area contributed by atoms with Gasteiger partial charge in [0.05, 0.1) is 5.69 Å². The second kappa shape index (κ2) is 8.46. The van der Waals surface area contributed by atoms with E-state index in [-0.39, 0.29) is 18.6 Å². The van der Waals surface area contributed by atoms with Crippen molar-refractivity contribution < 1.29 is 19.1 Å². The number of likely N-dealkylation sites (N-methyl/N-ethyl adjacent to an activating group) is 1. The van der Waals surface area contributed by atoms with Gasteiger partial charge in [-0.2, -0.15) is 0 Å². The number of ether oxygens (including phenoxy) is 2. The molecule has 0 fully saturated rings. The molecule has 2 amide bonds. The quantitative estimate of drug-likeness (QED) is 0.753. The van der Waals surface area contributed by atoms with Crippen molar-refractivity contribution in [1.29, 1.82) is 0 Å². The molecule has 1 aromatic heterocycles. The maximum atomic E-state index is 13.4. The highest BCUT2D eigenvalue weighted by atomic mass is 16.7. The number of imidazole rings is 1. The number of fused-ring (bicyclic) bond motifs is 2. The first kappa shape index (κ1) is 22.1. The third-order valence-corrected chi connectivity index (χ3v) is 5.91. The Hall–Kier alpha value is -3.07. The van der Waals surface area contributed by atoms with Crippen molar-refractivity contribution in [3.8, 4) is 22.9 Å². The first-order chi connectivity index (χ1) is 15.2. The van der Waals surface area contributed by atoms with Gasteiger partial charge >= 0.3 is 0 Å². The van der Waals surface area contributed by atoms with E-state index in [0.717, 1.165) is 30.8 Å². The van der Waals surface area contributed by atoms with Crippen LogP contribution in [0.25, 0.3) is 11.4 Å². The first-order valence-electron chi connectivity index (χ1n) is 10.9. The van der Waals surface area contributed by atoms with E-state index in [2.05, 4.69) is 20.1 Å². The van der Waals surface area contributed by atoms with Crippen molar-refractivity contribution in [2.45, 2.75) is 46.3 Å². The molecule has 2 aliphatic heterocycles. The maximum Gasteiger partial charge on any atom is 0.272 e. The molecule has 1 aromatic carbocycles. The summed E-state index contributed by atoms with van der Waals surface area (Å²) in [5, 5.41) is 5.58. The molecule has 4 rings (SSSR count). The van der Waals surface area contributed by atoms with Crippen molar-refractivity contribution in [2.24, 2.45) is 5.41 Å². The number of nitrogens with zero attached hydrogens (tertiary/aromatic N) is 3. The molecule has 0 saturated carbocycles. The summed E-state index contributed by atoms with van der Waals surface area (Å²) in [6.07, 6.45) is 0.946. The fourth-order valence-electron chi connectivity index (χ4n) is 4.18. The Balaban J connectivity index is 1.75. The minimum atomic E-state index is -0.685. The second-order valence-corrected chi connectivity index (χ2v) is 9.43. The third kappa shape index (κ3) is 4.17. The second-order valence-electron chi connectivity index (χ2n) is 9.43. The monoisotopic (exact) mass is 441 g/mol. The molecule has 32 heavy (non-hydrogen) atoms. The summed E-state index contributed by atoms with van der Waals surface area (Å²) in [6.45, 7) is 8.24. The van der Waals surface area contributed by atoms with Gasteiger partial charge in [-0.1, -0.05) is 20.8 Å². The minimum absolute atomic E-state index is 0.199. The summed E-state index contributed by atoms with van der Waals surface area (Å²) in [5.74, 6) is 1.51. The summed E-state index contributed by atoms with van der Waals surface area (Å²) < 4.78 is 13.1. The van der Waals surface area contributed by atoms with Gasteiger partial charge in [0, 0.05) is 25.7 Å². The standard InChI is InChI=1S/C23H31N5O4/c1-23(2,3)19(22(30)24-4)26-21(29)18-15-12-27(5)9-6-10-28(15)20(25-18)14-7-8-16-17(11-14)32-13-31-16/h7-8,11,19H,6,9-10,12-13H2,1-5H3,(H,24,30)(H,26,29)/t19-/m1/s1. The highest BCUT2D eigenvalue weighted by Gasteiger charge is 2.34. The number of carbonyl (C=O) groups is 2. The lowest BCUT2D eigenvalue weighted by Crippen LogP contribution is -2.53. The van der Waals surface area contributed by atoms with Gasteiger partial charge in [-0.3, -0.25) is 9.59 Å². The summed E-state index contributed by atoms with van der Waals surface area (Å²) in [7, 11) is 3.61. The summed E-state index contributed by atoms with van der Waals surface area (Å²) in [5.41, 5.74) is 1.60. The zero-order chi connectivity index (χ0) is 23.0. The van der Waals surface area contributed by atoms with Gasteiger partial charge in [0.15, 0.2) is 17.2 Å². The largest absolute Gasteiger partial charge is 0.454 e. The van der Waals surface area contributed by atoms with Gasteiger partial charge in [0.2, 0.25) is 12.7 Å². The van der Waals surface area contributed by atoms with Crippen LogP contribution in [-0.2, 0) is 17.9 Å². The van der Waals surface area contributed by atoms with E-state index in [9.17, 15) is 9.59 Å². The number of aromatic nitrogens is 2. The van der Waals surface area contributed by atoms with Gasteiger partial charge in [-0.05, 0) is 43.6 Å².